The molecule has 2 rings (SSSR count). The number of nitrogens with two attached hydrogens (primary N) is 1. The van der Waals surface area contributed by atoms with Gasteiger partial charge in [0.05, 0.1) is 6.54 Å². The van der Waals surface area contributed by atoms with Crippen LogP contribution in [0.2, 0.25) is 0 Å². The number of piperidine rings is 1. The Kier molecular flexibility index (Phi) is 4.38. The third kappa shape index (κ3) is 3.30. The molecule has 4 heteroatoms. The minimum atomic E-state index is 0.724. The van der Waals surface area contributed by atoms with Gasteiger partial charge in [-0.15, -0.1) is 0 Å². The van der Waals surface area contributed by atoms with Crippen LogP contribution in [0.15, 0.2) is 4.99 Å². The van der Waals surface area contributed by atoms with Crippen molar-refractivity contribution in [2.75, 3.05) is 25.4 Å². The zero-order chi connectivity index (χ0) is 11.4. The highest BCUT2D eigenvalue weighted by Gasteiger charge is 2.18. The van der Waals surface area contributed by atoms with Gasteiger partial charge in [0.15, 0.2) is 5.96 Å². The highest BCUT2D eigenvalue weighted by Crippen LogP contribution is 2.26. The van der Waals surface area contributed by atoms with Crippen molar-refractivity contribution < 1.29 is 0 Å². The molecule has 0 amide bonds. The number of guanidine groups is 1. The van der Waals surface area contributed by atoms with E-state index in [2.05, 4.69) is 28.6 Å². The molecule has 0 radical (unpaired) electrons. The molecule has 0 aliphatic carbocycles. The zero-order valence-electron chi connectivity index (χ0n) is 10.2. The molecule has 1 atom stereocenters. The Bertz CT molecular complexity index is 241. The van der Waals surface area contributed by atoms with Crippen molar-refractivity contribution in [2.24, 2.45) is 16.6 Å². The minimum absolute atomic E-state index is 0.724. The van der Waals surface area contributed by atoms with E-state index in [-0.39, 0.29) is 0 Å². The first kappa shape index (κ1) is 12.1. The van der Waals surface area contributed by atoms with Gasteiger partial charge in [0, 0.05) is 18.3 Å². The molecule has 0 aromatic carbocycles. The van der Waals surface area contributed by atoms with Crippen LogP contribution in [0.1, 0.15) is 32.6 Å². The molecule has 2 fully saturated rings. The van der Waals surface area contributed by atoms with E-state index in [9.17, 15) is 0 Å². The molecule has 2 N–H and O–H groups in total. The van der Waals surface area contributed by atoms with Gasteiger partial charge in [-0.3, -0.25) is 4.99 Å². The number of rotatable bonds is 2. The predicted octanol–water partition coefficient (Wildman–Crippen LogP) is 1.93. The van der Waals surface area contributed by atoms with E-state index < -0.39 is 0 Å². The quantitative estimate of drug-likeness (QED) is 0.593. The van der Waals surface area contributed by atoms with Crippen LogP contribution in [0.4, 0.5) is 0 Å². The number of nitrogens with zero attached hydrogens (tertiary/aromatic N) is 2. The molecule has 16 heavy (non-hydrogen) atoms. The molecule has 0 aromatic rings. The summed E-state index contributed by atoms with van der Waals surface area (Å²) in [7, 11) is 0. The van der Waals surface area contributed by atoms with Crippen LogP contribution in [0.25, 0.3) is 0 Å². The van der Waals surface area contributed by atoms with E-state index >= 15 is 0 Å². The molecule has 2 heterocycles. The van der Waals surface area contributed by atoms with Crippen molar-refractivity contribution in [1.82, 2.24) is 4.90 Å². The molecule has 2 aliphatic rings. The van der Waals surface area contributed by atoms with E-state index in [0.717, 1.165) is 36.8 Å². The molecule has 2 aliphatic heterocycles. The Morgan fingerprint density at radius 1 is 1.38 bits per heavy atom. The summed E-state index contributed by atoms with van der Waals surface area (Å²) in [6, 6.07) is 0. The maximum Gasteiger partial charge on any atom is 0.191 e. The first-order chi connectivity index (χ1) is 7.75. The highest BCUT2D eigenvalue weighted by molar-refractivity contribution is 8.00. The number of aliphatic imine (C=N–C) groups is 1. The van der Waals surface area contributed by atoms with Crippen LogP contribution in [-0.2, 0) is 0 Å². The smallest absolute Gasteiger partial charge is 0.191 e. The fourth-order valence-corrected chi connectivity index (χ4v) is 3.50. The Labute approximate surface area is 103 Å². The fourth-order valence-electron chi connectivity index (χ4n) is 2.32. The lowest BCUT2D eigenvalue weighted by molar-refractivity contribution is 0.277. The highest BCUT2D eigenvalue weighted by atomic mass is 32.2. The van der Waals surface area contributed by atoms with E-state index in [4.69, 9.17) is 5.73 Å². The zero-order valence-corrected chi connectivity index (χ0v) is 11.0. The molecule has 1 unspecified atom stereocenters. The second-order valence-electron chi connectivity index (χ2n) is 5.00. The van der Waals surface area contributed by atoms with Gasteiger partial charge in [-0.25, -0.2) is 0 Å². The van der Waals surface area contributed by atoms with Crippen molar-refractivity contribution in [1.29, 1.82) is 0 Å². The van der Waals surface area contributed by atoms with Gasteiger partial charge in [-0.2, -0.15) is 11.8 Å². The Morgan fingerprint density at radius 2 is 2.12 bits per heavy atom. The summed E-state index contributed by atoms with van der Waals surface area (Å²) >= 11 is 2.05. The third-order valence-corrected chi connectivity index (χ3v) is 4.97. The van der Waals surface area contributed by atoms with Gasteiger partial charge in [0.2, 0.25) is 0 Å². The summed E-state index contributed by atoms with van der Waals surface area (Å²) in [5.41, 5.74) is 6.04. The lowest BCUT2D eigenvalue weighted by Gasteiger charge is -2.31. The second-order valence-corrected chi connectivity index (χ2v) is 6.41. The van der Waals surface area contributed by atoms with Gasteiger partial charge in [-0.1, -0.05) is 6.92 Å². The fraction of sp³-hybridized carbons (Fsp3) is 0.917. The molecule has 92 valence electrons. The van der Waals surface area contributed by atoms with Crippen molar-refractivity contribution in [3.8, 4) is 0 Å². The summed E-state index contributed by atoms with van der Waals surface area (Å²) in [6.45, 7) is 5.42. The minimum Gasteiger partial charge on any atom is -0.370 e. The van der Waals surface area contributed by atoms with E-state index in [1.807, 2.05) is 0 Å². The summed E-state index contributed by atoms with van der Waals surface area (Å²) in [5, 5.41) is 0.724. The summed E-state index contributed by atoms with van der Waals surface area (Å²) in [5.74, 6) is 2.94. The second kappa shape index (κ2) is 5.80. The predicted molar refractivity (Wildman–Crippen MR) is 71.9 cm³/mol. The van der Waals surface area contributed by atoms with Gasteiger partial charge in [0.25, 0.3) is 0 Å². The average molecular weight is 241 g/mol. The van der Waals surface area contributed by atoms with E-state index in [1.165, 1.54) is 31.4 Å². The van der Waals surface area contributed by atoms with Crippen LogP contribution in [0.3, 0.4) is 0 Å². The Hall–Kier alpha value is -0.380. The summed E-state index contributed by atoms with van der Waals surface area (Å²) in [6.07, 6.45) is 5.19. The molecule has 3 nitrogen and oxygen atoms in total. The number of likely N-dealkylation sites (tertiary alicyclic amines) is 1. The third-order valence-electron chi connectivity index (χ3n) is 3.59. The van der Waals surface area contributed by atoms with Crippen molar-refractivity contribution in [2.45, 2.75) is 37.9 Å². The van der Waals surface area contributed by atoms with E-state index in [1.54, 1.807) is 0 Å². The molecular weight excluding hydrogens is 218 g/mol. The topological polar surface area (TPSA) is 41.6 Å². The average Bonchev–Trinajstić information content (AvgIpc) is 2.80. The first-order valence-corrected chi connectivity index (χ1v) is 7.47. The summed E-state index contributed by atoms with van der Waals surface area (Å²) in [4.78, 5) is 6.80. The molecule has 0 saturated carbocycles. The largest absolute Gasteiger partial charge is 0.370 e. The lowest BCUT2D eigenvalue weighted by atomic mass is 10.00. The number of thioether (sulfide) groups is 1. The first-order valence-electron chi connectivity index (χ1n) is 6.42. The molecule has 2 saturated heterocycles. The van der Waals surface area contributed by atoms with Gasteiger partial charge < -0.3 is 10.6 Å². The maximum atomic E-state index is 6.04. The molecular formula is C12H23N3S. The van der Waals surface area contributed by atoms with Crippen molar-refractivity contribution in [3.63, 3.8) is 0 Å². The van der Waals surface area contributed by atoms with Crippen LogP contribution in [-0.4, -0.2) is 41.5 Å². The SMILES string of the molecule is CC1CCN(C(N)=NCC2CCCS2)CC1. The molecule has 0 bridgehead atoms. The monoisotopic (exact) mass is 241 g/mol. The van der Waals surface area contributed by atoms with Gasteiger partial charge >= 0.3 is 0 Å². The van der Waals surface area contributed by atoms with Crippen molar-refractivity contribution >= 4 is 17.7 Å². The number of hydrogen-bond donors (Lipinski definition) is 1. The summed E-state index contributed by atoms with van der Waals surface area (Å²) < 4.78 is 0. The van der Waals surface area contributed by atoms with Crippen LogP contribution < -0.4 is 5.73 Å². The van der Waals surface area contributed by atoms with E-state index in [0.29, 0.717) is 0 Å². The van der Waals surface area contributed by atoms with Crippen molar-refractivity contribution in [3.05, 3.63) is 0 Å². The number of hydrogen-bond acceptors (Lipinski definition) is 2. The standard InChI is InChI=1S/C12H23N3S/c1-10-4-6-15(7-5-10)12(13)14-9-11-3-2-8-16-11/h10-11H,2-9H2,1H3,(H2,13,14). The van der Waals surface area contributed by atoms with Crippen LogP contribution in [0, 0.1) is 5.92 Å². The molecule has 0 aromatic heterocycles. The molecule has 0 spiro atoms. The Morgan fingerprint density at radius 3 is 2.75 bits per heavy atom. The lowest BCUT2D eigenvalue weighted by Crippen LogP contribution is -2.42. The van der Waals surface area contributed by atoms with Crippen LogP contribution >= 0.6 is 11.8 Å². The Balaban J connectivity index is 1.77. The van der Waals surface area contributed by atoms with Gasteiger partial charge in [0.1, 0.15) is 0 Å². The van der Waals surface area contributed by atoms with Crippen LogP contribution in [0.5, 0.6) is 0 Å². The van der Waals surface area contributed by atoms with Gasteiger partial charge in [-0.05, 0) is 37.4 Å². The maximum absolute atomic E-state index is 6.04. The normalized spacial score (nSPS) is 28.7.